The molecule has 1 aromatic heterocycles. The summed E-state index contributed by atoms with van der Waals surface area (Å²) in [6, 6.07) is 20.8. The Hall–Kier alpha value is -3.54. The summed E-state index contributed by atoms with van der Waals surface area (Å²) in [6.07, 6.45) is 1.60. The van der Waals surface area contributed by atoms with Crippen LogP contribution in [0.2, 0.25) is 0 Å². The zero-order chi connectivity index (χ0) is 22.9. The second-order valence-corrected chi connectivity index (χ2v) is 8.39. The fraction of sp³-hybridized carbons (Fsp3) is 0.308. The van der Waals surface area contributed by atoms with Gasteiger partial charge in [-0.1, -0.05) is 56.3 Å². The van der Waals surface area contributed by atoms with Gasteiger partial charge in [0, 0.05) is 18.8 Å². The summed E-state index contributed by atoms with van der Waals surface area (Å²) in [5, 5.41) is 2.93. The summed E-state index contributed by atoms with van der Waals surface area (Å²) >= 11 is 0. The predicted octanol–water partition coefficient (Wildman–Crippen LogP) is 5.31. The molecule has 0 spiro atoms. The van der Waals surface area contributed by atoms with Crippen molar-refractivity contribution in [1.29, 1.82) is 0 Å². The number of nitrogens with one attached hydrogen (secondary N) is 1. The van der Waals surface area contributed by atoms with Crippen LogP contribution in [0.4, 0.5) is 10.5 Å². The van der Waals surface area contributed by atoms with Crippen LogP contribution in [0.3, 0.4) is 0 Å². The zero-order valence-corrected chi connectivity index (χ0v) is 19.0. The number of furan rings is 1. The highest BCUT2D eigenvalue weighted by Crippen LogP contribution is 2.14. The van der Waals surface area contributed by atoms with Gasteiger partial charge >= 0.3 is 6.03 Å². The lowest BCUT2D eigenvalue weighted by Gasteiger charge is -2.28. The molecule has 6 nitrogen and oxygen atoms in total. The van der Waals surface area contributed by atoms with Crippen LogP contribution < -0.4 is 5.32 Å². The quantitative estimate of drug-likeness (QED) is 0.497. The van der Waals surface area contributed by atoms with E-state index in [4.69, 9.17) is 4.42 Å². The fourth-order valence-corrected chi connectivity index (χ4v) is 3.48. The maximum atomic E-state index is 13.3. The van der Waals surface area contributed by atoms with Crippen molar-refractivity contribution in [3.05, 3.63) is 89.9 Å². The van der Waals surface area contributed by atoms with Gasteiger partial charge in [-0.05, 0) is 48.2 Å². The minimum absolute atomic E-state index is 0.0105. The van der Waals surface area contributed by atoms with Crippen LogP contribution in [0.25, 0.3) is 0 Å². The van der Waals surface area contributed by atoms with E-state index in [0.717, 1.165) is 11.1 Å². The number of aryl methyl sites for hydroxylation is 1. The Morgan fingerprint density at radius 1 is 0.938 bits per heavy atom. The lowest BCUT2D eigenvalue weighted by atomic mass is 10.2. The van der Waals surface area contributed by atoms with Gasteiger partial charge in [0.05, 0.1) is 12.8 Å². The van der Waals surface area contributed by atoms with Gasteiger partial charge in [-0.25, -0.2) is 4.79 Å². The number of amides is 3. The second-order valence-electron chi connectivity index (χ2n) is 8.39. The van der Waals surface area contributed by atoms with Crippen LogP contribution in [0.15, 0.2) is 77.4 Å². The van der Waals surface area contributed by atoms with Crippen LogP contribution >= 0.6 is 0 Å². The first kappa shape index (κ1) is 23.1. The molecule has 6 heteroatoms. The Kier molecular flexibility index (Phi) is 8.08. The van der Waals surface area contributed by atoms with Crippen molar-refractivity contribution in [2.45, 2.75) is 33.9 Å². The highest BCUT2D eigenvalue weighted by Gasteiger charge is 2.23. The number of anilines is 1. The van der Waals surface area contributed by atoms with E-state index in [1.165, 1.54) is 0 Å². The number of benzene rings is 2. The number of carbonyl (C=O) groups excluding carboxylic acids is 2. The molecule has 2 aromatic carbocycles. The molecule has 3 aromatic rings. The summed E-state index contributed by atoms with van der Waals surface area (Å²) in [7, 11) is 0. The Bertz CT molecular complexity index is 1000. The van der Waals surface area contributed by atoms with Gasteiger partial charge in [0.25, 0.3) is 0 Å². The summed E-state index contributed by atoms with van der Waals surface area (Å²) in [4.78, 5) is 29.7. The van der Waals surface area contributed by atoms with Crippen molar-refractivity contribution in [1.82, 2.24) is 9.80 Å². The first-order valence-corrected chi connectivity index (χ1v) is 10.9. The third kappa shape index (κ3) is 7.01. The van der Waals surface area contributed by atoms with E-state index in [0.29, 0.717) is 31.1 Å². The molecule has 0 fully saturated rings. The van der Waals surface area contributed by atoms with Crippen molar-refractivity contribution in [3.63, 3.8) is 0 Å². The lowest BCUT2D eigenvalue weighted by Crippen LogP contribution is -2.45. The normalized spacial score (nSPS) is 10.8. The largest absolute Gasteiger partial charge is 0.467 e. The highest BCUT2D eigenvalue weighted by molar-refractivity contribution is 5.92. The van der Waals surface area contributed by atoms with E-state index in [2.05, 4.69) is 5.32 Å². The molecule has 0 saturated carbocycles. The monoisotopic (exact) mass is 433 g/mol. The third-order valence-electron chi connectivity index (χ3n) is 4.96. The molecule has 0 radical (unpaired) electrons. The number of urea groups is 1. The average molecular weight is 434 g/mol. The Labute approximate surface area is 189 Å². The summed E-state index contributed by atoms with van der Waals surface area (Å²) < 4.78 is 5.47. The van der Waals surface area contributed by atoms with Crippen LogP contribution in [-0.2, 0) is 17.9 Å². The van der Waals surface area contributed by atoms with Crippen molar-refractivity contribution < 1.29 is 14.0 Å². The molecule has 0 aliphatic carbocycles. The SMILES string of the molecule is Cc1cccc(NC(=O)N(CC(=O)N(Cc2ccccc2)Cc2ccco2)CC(C)C)c1. The first-order chi connectivity index (χ1) is 15.4. The molecule has 32 heavy (non-hydrogen) atoms. The van der Waals surface area contributed by atoms with E-state index in [1.54, 1.807) is 22.1 Å². The van der Waals surface area contributed by atoms with Gasteiger partial charge < -0.3 is 19.5 Å². The molecule has 0 saturated heterocycles. The number of hydrogen-bond acceptors (Lipinski definition) is 3. The number of hydrogen-bond donors (Lipinski definition) is 1. The fourth-order valence-electron chi connectivity index (χ4n) is 3.48. The molecular formula is C26H31N3O3. The van der Waals surface area contributed by atoms with Gasteiger partial charge in [0.2, 0.25) is 5.91 Å². The minimum Gasteiger partial charge on any atom is -0.467 e. The Morgan fingerprint density at radius 3 is 2.38 bits per heavy atom. The summed E-state index contributed by atoms with van der Waals surface area (Å²) in [6.45, 7) is 7.28. The molecule has 0 unspecified atom stereocenters. The molecule has 0 atom stereocenters. The number of carbonyl (C=O) groups is 2. The molecule has 3 amide bonds. The van der Waals surface area contributed by atoms with Crippen molar-refractivity contribution in [2.24, 2.45) is 5.92 Å². The van der Waals surface area contributed by atoms with Crippen molar-refractivity contribution in [3.8, 4) is 0 Å². The van der Waals surface area contributed by atoms with Gasteiger partial charge in [0.1, 0.15) is 12.3 Å². The van der Waals surface area contributed by atoms with Crippen LogP contribution in [0.5, 0.6) is 0 Å². The van der Waals surface area contributed by atoms with Gasteiger partial charge in [0.15, 0.2) is 0 Å². The summed E-state index contributed by atoms with van der Waals surface area (Å²) in [5.41, 5.74) is 2.79. The van der Waals surface area contributed by atoms with E-state index in [1.807, 2.05) is 81.4 Å². The van der Waals surface area contributed by atoms with Gasteiger partial charge in [-0.3, -0.25) is 4.79 Å². The van der Waals surface area contributed by atoms with Crippen LogP contribution in [-0.4, -0.2) is 34.8 Å². The van der Waals surface area contributed by atoms with Crippen molar-refractivity contribution in [2.75, 3.05) is 18.4 Å². The average Bonchev–Trinajstić information content (AvgIpc) is 3.26. The standard InChI is InChI=1S/C26H31N3O3/c1-20(2)16-29(26(31)27-23-12-7-9-21(3)15-23)19-25(30)28(18-24-13-8-14-32-24)17-22-10-5-4-6-11-22/h4-15,20H,16-19H2,1-3H3,(H,27,31). The molecule has 3 rings (SSSR count). The molecule has 0 bridgehead atoms. The molecular weight excluding hydrogens is 402 g/mol. The Morgan fingerprint density at radius 2 is 1.72 bits per heavy atom. The second kappa shape index (κ2) is 11.2. The lowest BCUT2D eigenvalue weighted by molar-refractivity contribution is -0.133. The van der Waals surface area contributed by atoms with Gasteiger partial charge in [-0.15, -0.1) is 0 Å². The molecule has 1 heterocycles. The smallest absolute Gasteiger partial charge is 0.322 e. The van der Waals surface area contributed by atoms with E-state index < -0.39 is 0 Å². The minimum atomic E-state index is -0.282. The van der Waals surface area contributed by atoms with Crippen LogP contribution in [0, 0.1) is 12.8 Å². The Balaban J connectivity index is 1.75. The van der Waals surface area contributed by atoms with Crippen molar-refractivity contribution >= 4 is 17.6 Å². The van der Waals surface area contributed by atoms with E-state index in [-0.39, 0.29) is 24.4 Å². The van der Waals surface area contributed by atoms with Gasteiger partial charge in [-0.2, -0.15) is 0 Å². The summed E-state index contributed by atoms with van der Waals surface area (Å²) in [5.74, 6) is 0.790. The molecule has 1 N–H and O–H groups in total. The molecule has 0 aliphatic heterocycles. The highest BCUT2D eigenvalue weighted by atomic mass is 16.3. The molecule has 168 valence electrons. The van der Waals surface area contributed by atoms with E-state index in [9.17, 15) is 9.59 Å². The third-order valence-corrected chi connectivity index (χ3v) is 4.96. The maximum absolute atomic E-state index is 13.3. The van der Waals surface area contributed by atoms with Crippen LogP contribution in [0.1, 0.15) is 30.7 Å². The van der Waals surface area contributed by atoms with E-state index >= 15 is 0 Å². The predicted molar refractivity (Wildman–Crippen MR) is 126 cm³/mol. The molecule has 0 aliphatic rings. The maximum Gasteiger partial charge on any atom is 0.322 e. The zero-order valence-electron chi connectivity index (χ0n) is 19.0. The number of rotatable bonds is 9. The first-order valence-electron chi connectivity index (χ1n) is 10.9. The topological polar surface area (TPSA) is 65.8 Å². The number of nitrogens with zero attached hydrogens (tertiary/aromatic N) is 2.